The van der Waals surface area contributed by atoms with E-state index in [4.69, 9.17) is 11.6 Å². The number of aromatic amines is 1. The molecule has 0 fully saturated rings. The first-order valence-electron chi connectivity index (χ1n) is 6.17. The minimum absolute atomic E-state index is 0.0450. The van der Waals surface area contributed by atoms with Gasteiger partial charge in [0.05, 0.1) is 22.7 Å². The number of hydrogen-bond donors (Lipinski definition) is 1. The van der Waals surface area contributed by atoms with Gasteiger partial charge in [-0.05, 0) is 18.2 Å². The molecule has 0 aliphatic rings. The van der Waals surface area contributed by atoms with Crippen LogP contribution in [0.3, 0.4) is 0 Å². The number of hydrogen-bond acceptors (Lipinski definition) is 6. The second-order valence-corrected chi connectivity index (χ2v) is 6.01. The van der Waals surface area contributed by atoms with Crippen molar-refractivity contribution in [3.05, 3.63) is 39.4 Å². The lowest BCUT2D eigenvalue weighted by Crippen LogP contribution is -2.21. The smallest absolute Gasteiger partial charge is 0.258 e. The average Bonchev–Trinajstić information content (AvgIpc) is 2.45. The van der Waals surface area contributed by atoms with Crippen molar-refractivity contribution in [1.29, 1.82) is 5.26 Å². The summed E-state index contributed by atoms with van der Waals surface area (Å²) in [7, 11) is 0. The normalized spacial score (nSPS) is 11.9. The average molecular weight is 336 g/mol. The first-order chi connectivity index (χ1) is 10.4. The second kappa shape index (κ2) is 6.73. The molecule has 112 valence electrons. The molecule has 1 aromatic heterocycles. The van der Waals surface area contributed by atoms with Gasteiger partial charge in [-0.1, -0.05) is 23.4 Å². The predicted octanol–water partition coefficient (Wildman–Crippen LogP) is 2.03. The van der Waals surface area contributed by atoms with Gasteiger partial charge in [0.25, 0.3) is 5.56 Å². The molecule has 0 aliphatic carbocycles. The van der Waals surface area contributed by atoms with E-state index in [0.717, 1.165) is 11.8 Å². The minimum atomic E-state index is -1.23. The number of nitriles is 1. The SMILES string of the molecule is CC(=O)SCC(=O)C(C#N)c1nc2cc(Cl)ccc2c(=O)[nH]1. The Labute approximate surface area is 134 Å². The Balaban J connectivity index is 2.43. The molecule has 0 bridgehead atoms. The highest BCUT2D eigenvalue weighted by molar-refractivity contribution is 8.14. The number of rotatable bonds is 4. The van der Waals surface area contributed by atoms with Gasteiger partial charge in [-0.15, -0.1) is 0 Å². The van der Waals surface area contributed by atoms with E-state index < -0.39 is 17.3 Å². The number of nitrogens with zero attached hydrogens (tertiary/aromatic N) is 2. The van der Waals surface area contributed by atoms with Crippen LogP contribution < -0.4 is 5.56 Å². The molecule has 8 heteroatoms. The van der Waals surface area contributed by atoms with Gasteiger partial charge in [-0.2, -0.15) is 5.26 Å². The van der Waals surface area contributed by atoms with E-state index in [-0.39, 0.29) is 16.7 Å². The standard InChI is InChI=1S/C14H10ClN3O3S/c1-7(19)22-6-12(20)10(5-16)13-17-11-4-8(15)2-3-9(11)14(21)18-13/h2-4,10H,6H2,1H3,(H,17,18,21). The van der Waals surface area contributed by atoms with Crippen LogP contribution in [0, 0.1) is 11.3 Å². The van der Waals surface area contributed by atoms with Crippen molar-refractivity contribution < 1.29 is 9.59 Å². The summed E-state index contributed by atoms with van der Waals surface area (Å²) in [6, 6.07) is 6.36. The molecule has 0 spiro atoms. The van der Waals surface area contributed by atoms with E-state index in [1.165, 1.54) is 19.1 Å². The number of halogens is 1. The van der Waals surface area contributed by atoms with Crippen LogP contribution in [0.5, 0.6) is 0 Å². The summed E-state index contributed by atoms with van der Waals surface area (Å²) in [4.78, 5) is 41.5. The predicted molar refractivity (Wildman–Crippen MR) is 83.9 cm³/mol. The van der Waals surface area contributed by atoms with Gasteiger partial charge in [-0.3, -0.25) is 14.4 Å². The van der Waals surface area contributed by atoms with Gasteiger partial charge < -0.3 is 4.98 Å². The third-order valence-electron chi connectivity index (χ3n) is 2.83. The molecule has 1 N–H and O–H groups in total. The van der Waals surface area contributed by atoms with Crippen LogP contribution in [-0.4, -0.2) is 26.6 Å². The van der Waals surface area contributed by atoms with Gasteiger partial charge in [0, 0.05) is 11.9 Å². The molecule has 2 rings (SSSR count). The lowest BCUT2D eigenvalue weighted by atomic mass is 10.1. The molecule has 22 heavy (non-hydrogen) atoms. The van der Waals surface area contributed by atoms with Crippen molar-refractivity contribution in [2.45, 2.75) is 12.8 Å². The zero-order valence-corrected chi connectivity index (χ0v) is 13.0. The van der Waals surface area contributed by atoms with E-state index in [1.54, 1.807) is 6.07 Å². The summed E-state index contributed by atoms with van der Waals surface area (Å²) in [5, 5.41) is 9.66. The Morgan fingerprint density at radius 2 is 2.23 bits per heavy atom. The van der Waals surface area contributed by atoms with E-state index in [0.29, 0.717) is 15.9 Å². The molecule has 1 heterocycles. The summed E-state index contributed by atoms with van der Waals surface area (Å²) < 4.78 is 0. The number of carbonyl (C=O) groups excluding carboxylic acids is 2. The van der Waals surface area contributed by atoms with Crippen molar-refractivity contribution >= 4 is 45.2 Å². The number of ketones is 1. The van der Waals surface area contributed by atoms with Crippen molar-refractivity contribution in [2.24, 2.45) is 0 Å². The largest absolute Gasteiger partial charge is 0.308 e. The summed E-state index contributed by atoms with van der Waals surface area (Å²) in [6.07, 6.45) is 0. The molecule has 2 aromatic rings. The Bertz CT molecular complexity index is 857. The fourth-order valence-electron chi connectivity index (χ4n) is 1.81. The Morgan fingerprint density at radius 3 is 2.86 bits per heavy atom. The summed E-state index contributed by atoms with van der Waals surface area (Å²) in [5.41, 5.74) is -0.151. The number of fused-ring (bicyclic) bond motifs is 1. The number of Topliss-reactive ketones (excluding diaryl/α,β-unsaturated/α-hetero) is 1. The molecule has 1 aromatic carbocycles. The molecule has 0 saturated carbocycles. The summed E-state index contributed by atoms with van der Waals surface area (Å²) in [6.45, 7) is 1.33. The van der Waals surface area contributed by atoms with Gasteiger partial charge >= 0.3 is 0 Å². The first kappa shape index (κ1) is 16.2. The molecule has 0 saturated heterocycles. The molecule has 0 radical (unpaired) electrons. The number of nitrogens with one attached hydrogen (secondary N) is 1. The Hall–Kier alpha value is -2.17. The molecule has 1 unspecified atom stereocenters. The second-order valence-electron chi connectivity index (χ2n) is 4.42. The highest BCUT2D eigenvalue weighted by Gasteiger charge is 2.23. The van der Waals surface area contributed by atoms with Crippen LogP contribution in [0.4, 0.5) is 0 Å². The number of aromatic nitrogens is 2. The van der Waals surface area contributed by atoms with Gasteiger partial charge in [-0.25, -0.2) is 4.98 Å². The van der Waals surface area contributed by atoms with Gasteiger partial charge in [0.15, 0.2) is 16.8 Å². The maximum Gasteiger partial charge on any atom is 0.258 e. The van der Waals surface area contributed by atoms with Gasteiger partial charge in [0.2, 0.25) is 0 Å². The van der Waals surface area contributed by atoms with Crippen molar-refractivity contribution in [3.63, 3.8) is 0 Å². The third kappa shape index (κ3) is 3.53. The number of H-pyrrole nitrogens is 1. The quantitative estimate of drug-likeness (QED) is 0.916. The molecule has 6 nitrogen and oxygen atoms in total. The highest BCUT2D eigenvalue weighted by Crippen LogP contribution is 2.19. The maximum atomic E-state index is 12.0. The lowest BCUT2D eigenvalue weighted by Gasteiger charge is -2.08. The van der Waals surface area contributed by atoms with Crippen molar-refractivity contribution in [1.82, 2.24) is 9.97 Å². The zero-order chi connectivity index (χ0) is 16.3. The van der Waals surface area contributed by atoms with Crippen molar-refractivity contribution in [3.8, 4) is 6.07 Å². The Kier molecular flexibility index (Phi) is 4.96. The van der Waals surface area contributed by atoms with Crippen LogP contribution in [-0.2, 0) is 9.59 Å². The fraction of sp³-hybridized carbons (Fsp3) is 0.214. The van der Waals surface area contributed by atoms with Gasteiger partial charge in [0.1, 0.15) is 5.82 Å². The van der Waals surface area contributed by atoms with E-state index in [9.17, 15) is 19.6 Å². The fourth-order valence-corrected chi connectivity index (χ4v) is 2.49. The topological polar surface area (TPSA) is 104 Å². The van der Waals surface area contributed by atoms with Crippen LogP contribution in [0.25, 0.3) is 10.9 Å². The minimum Gasteiger partial charge on any atom is -0.308 e. The molecule has 0 amide bonds. The molecular formula is C14H10ClN3O3S. The molecular weight excluding hydrogens is 326 g/mol. The monoisotopic (exact) mass is 335 g/mol. The Morgan fingerprint density at radius 1 is 1.50 bits per heavy atom. The van der Waals surface area contributed by atoms with Crippen LogP contribution in [0.15, 0.2) is 23.0 Å². The zero-order valence-electron chi connectivity index (χ0n) is 11.4. The van der Waals surface area contributed by atoms with Crippen LogP contribution >= 0.6 is 23.4 Å². The van der Waals surface area contributed by atoms with E-state index >= 15 is 0 Å². The van der Waals surface area contributed by atoms with E-state index in [2.05, 4.69) is 9.97 Å². The third-order valence-corrected chi connectivity index (χ3v) is 3.90. The maximum absolute atomic E-state index is 12.0. The molecule has 1 atom stereocenters. The van der Waals surface area contributed by atoms with Crippen LogP contribution in [0.2, 0.25) is 5.02 Å². The lowest BCUT2D eigenvalue weighted by molar-refractivity contribution is -0.117. The van der Waals surface area contributed by atoms with Crippen LogP contribution in [0.1, 0.15) is 18.7 Å². The number of thioether (sulfide) groups is 1. The highest BCUT2D eigenvalue weighted by atomic mass is 35.5. The number of benzene rings is 1. The summed E-state index contributed by atoms with van der Waals surface area (Å²) in [5.74, 6) is -1.92. The van der Waals surface area contributed by atoms with Crippen molar-refractivity contribution in [2.75, 3.05) is 5.75 Å². The summed E-state index contributed by atoms with van der Waals surface area (Å²) >= 11 is 6.67. The first-order valence-corrected chi connectivity index (χ1v) is 7.54. The van der Waals surface area contributed by atoms with E-state index in [1.807, 2.05) is 6.07 Å². The number of carbonyl (C=O) groups is 2. The molecule has 0 aliphatic heterocycles.